The van der Waals surface area contributed by atoms with Crippen LogP contribution in [0.1, 0.15) is 11.1 Å². The minimum Gasteiger partial charge on any atom is -0.406 e. The monoisotopic (exact) mass is 418 g/mol. The largest absolute Gasteiger partial charge is 0.573 e. The number of benzene rings is 2. The molecule has 2 nitrogen and oxygen atoms in total. The normalized spacial score (nSPS) is 13.7. The zero-order valence-electron chi connectivity index (χ0n) is 11.1. The van der Waals surface area contributed by atoms with Crippen LogP contribution in [-0.2, 0) is 5.60 Å². The van der Waals surface area contributed by atoms with Gasteiger partial charge in [-0.15, -0.1) is 13.2 Å². The van der Waals surface area contributed by atoms with Crippen molar-refractivity contribution in [2.24, 2.45) is 0 Å². The molecule has 0 amide bonds. The van der Waals surface area contributed by atoms with Crippen LogP contribution in [0.15, 0.2) is 54.6 Å². The summed E-state index contributed by atoms with van der Waals surface area (Å²) >= 11 is 1.80. The molecule has 114 valence electrons. The third kappa shape index (κ3) is 3.93. The first kappa shape index (κ1) is 16.6. The molecule has 1 N–H and O–H groups in total. The molecule has 22 heavy (non-hydrogen) atoms. The lowest BCUT2D eigenvalue weighted by Gasteiger charge is -2.23. The van der Waals surface area contributed by atoms with E-state index < -0.39 is 12.0 Å². The minimum absolute atomic E-state index is 0.353. The zero-order chi connectivity index (χ0) is 16.2. The van der Waals surface area contributed by atoms with Gasteiger partial charge in [-0.2, -0.15) is 0 Å². The highest BCUT2D eigenvalue weighted by Gasteiger charge is 2.32. The molecule has 0 saturated heterocycles. The maximum atomic E-state index is 12.2. The van der Waals surface area contributed by atoms with E-state index in [0.29, 0.717) is 11.1 Å². The van der Waals surface area contributed by atoms with Crippen molar-refractivity contribution in [3.05, 3.63) is 65.7 Å². The van der Waals surface area contributed by atoms with E-state index in [0.717, 1.165) is 12.1 Å². The summed E-state index contributed by atoms with van der Waals surface area (Å²) in [5.41, 5.74) is -0.708. The Labute approximate surface area is 139 Å². The van der Waals surface area contributed by atoms with Gasteiger partial charge in [-0.05, 0) is 22.0 Å². The molecule has 0 aromatic heterocycles. The van der Waals surface area contributed by atoms with Gasteiger partial charge in [-0.1, -0.05) is 42.5 Å². The lowest BCUT2D eigenvalue weighted by atomic mass is 9.87. The summed E-state index contributed by atoms with van der Waals surface area (Å²) in [6.45, 7) is 0. The summed E-state index contributed by atoms with van der Waals surface area (Å²) < 4.78 is 42.9. The lowest BCUT2D eigenvalue weighted by Crippen LogP contribution is -2.25. The van der Waals surface area contributed by atoms with Gasteiger partial charge in [-0.25, -0.2) is 0 Å². The highest BCUT2D eigenvalue weighted by Crippen LogP contribution is 2.31. The van der Waals surface area contributed by atoms with E-state index in [-0.39, 0.29) is 5.75 Å². The predicted molar refractivity (Wildman–Crippen MR) is 84.4 cm³/mol. The number of halogens is 4. The molecule has 0 saturated carbocycles. The van der Waals surface area contributed by atoms with Crippen LogP contribution in [0.3, 0.4) is 0 Å². The van der Waals surface area contributed by atoms with Crippen molar-refractivity contribution in [3.63, 3.8) is 0 Å². The second kappa shape index (κ2) is 6.58. The summed E-state index contributed by atoms with van der Waals surface area (Å²) in [6, 6.07) is 13.7. The molecule has 0 aliphatic heterocycles. The molecule has 1 atom stereocenters. The molecule has 0 radical (unpaired) electrons. The van der Waals surface area contributed by atoms with E-state index in [1.807, 2.05) is 0 Å². The summed E-state index contributed by atoms with van der Waals surface area (Å²) in [5.74, 6) is 2.34. The van der Waals surface area contributed by atoms with Crippen LogP contribution in [0.4, 0.5) is 13.2 Å². The standard InChI is InChI=1S/C16H10F3IO2/c17-16(18,19)22-14-8-6-13(7-9-14)15(21,10-11-20)12-4-2-1-3-5-12/h1-9,21H. The third-order valence-corrected chi connectivity index (χ3v) is 3.20. The average Bonchev–Trinajstić information content (AvgIpc) is 2.47. The number of ether oxygens (including phenoxy) is 1. The molecule has 0 spiro atoms. The van der Waals surface area contributed by atoms with Gasteiger partial charge in [-0.3, -0.25) is 0 Å². The van der Waals surface area contributed by atoms with E-state index in [1.165, 1.54) is 12.1 Å². The van der Waals surface area contributed by atoms with Crippen LogP contribution in [-0.4, -0.2) is 11.5 Å². The molecular weight excluding hydrogens is 408 g/mol. The highest BCUT2D eigenvalue weighted by molar-refractivity contribution is 14.1. The van der Waals surface area contributed by atoms with Gasteiger partial charge >= 0.3 is 6.36 Å². The molecule has 2 rings (SSSR count). The van der Waals surface area contributed by atoms with Crippen molar-refractivity contribution in [2.45, 2.75) is 12.0 Å². The maximum absolute atomic E-state index is 12.2. The molecule has 2 aromatic rings. The summed E-state index contributed by atoms with van der Waals surface area (Å²) in [5, 5.41) is 10.8. The van der Waals surface area contributed by atoms with Crippen LogP contribution in [0, 0.1) is 9.85 Å². The van der Waals surface area contributed by atoms with Gasteiger partial charge in [0.1, 0.15) is 5.75 Å². The molecule has 0 heterocycles. The van der Waals surface area contributed by atoms with Gasteiger partial charge in [0.05, 0.1) is 0 Å². The lowest BCUT2D eigenvalue weighted by molar-refractivity contribution is -0.274. The fourth-order valence-corrected chi connectivity index (χ4v) is 2.35. The topological polar surface area (TPSA) is 29.5 Å². The fraction of sp³-hybridized carbons (Fsp3) is 0.125. The van der Waals surface area contributed by atoms with E-state index in [2.05, 4.69) is 14.6 Å². The van der Waals surface area contributed by atoms with Crippen LogP contribution in [0.2, 0.25) is 0 Å². The van der Waals surface area contributed by atoms with E-state index in [4.69, 9.17) is 0 Å². The Hall–Kier alpha value is -1.72. The van der Waals surface area contributed by atoms with Crippen molar-refractivity contribution >= 4 is 22.6 Å². The Kier molecular flexibility index (Phi) is 4.98. The molecule has 6 heteroatoms. The maximum Gasteiger partial charge on any atom is 0.573 e. The Bertz CT molecular complexity index is 687. The van der Waals surface area contributed by atoms with Crippen LogP contribution in [0.5, 0.6) is 5.75 Å². The van der Waals surface area contributed by atoms with E-state index in [9.17, 15) is 18.3 Å². The molecule has 0 aliphatic rings. The number of hydrogen-bond donors (Lipinski definition) is 1. The number of aliphatic hydroxyl groups is 1. The quantitative estimate of drug-likeness (QED) is 0.598. The van der Waals surface area contributed by atoms with Crippen molar-refractivity contribution in [1.82, 2.24) is 0 Å². The van der Waals surface area contributed by atoms with Gasteiger partial charge in [0.25, 0.3) is 0 Å². The van der Waals surface area contributed by atoms with Crippen molar-refractivity contribution in [3.8, 4) is 15.6 Å². The Morgan fingerprint density at radius 1 is 0.909 bits per heavy atom. The van der Waals surface area contributed by atoms with E-state index in [1.54, 1.807) is 52.9 Å². The van der Waals surface area contributed by atoms with Crippen LogP contribution in [0.25, 0.3) is 0 Å². The molecule has 1 unspecified atom stereocenters. The average molecular weight is 418 g/mol. The predicted octanol–water partition coefficient (Wildman–Crippen LogP) is 4.22. The zero-order valence-corrected chi connectivity index (χ0v) is 13.2. The summed E-state index contributed by atoms with van der Waals surface area (Å²) in [7, 11) is 0. The second-order valence-electron chi connectivity index (χ2n) is 4.37. The number of alkyl halides is 3. The van der Waals surface area contributed by atoms with Gasteiger partial charge < -0.3 is 9.84 Å². The summed E-state index contributed by atoms with van der Waals surface area (Å²) in [4.78, 5) is 0. The Morgan fingerprint density at radius 3 is 1.95 bits per heavy atom. The van der Waals surface area contributed by atoms with Crippen molar-refractivity contribution in [1.29, 1.82) is 0 Å². The summed E-state index contributed by atoms with van der Waals surface area (Å²) in [6.07, 6.45) is -4.75. The van der Waals surface area contributed by atoms with Crippen LogP contribution < -0.4 is 4.74 Å². The van der Waals surface area contributed by atoms with Gasteiger partial charge in [0.15, 0.2) is 5.60 Å². The molecule has 0 aliphatic carbocycles. The highest BCUT2D eigenvalue weighted by atomic mass is 127. The van der Waals surface area contributed by atoms with Crippen molar-refractivity contribution in [2.75, 3.05) is 0 Å². The van der Waals surface area contributed by atoms with Gasteiger partial charge in [0, 0.05) is 33.7 Å². The molecule has 0 bridgehead atoms. The molecule has 0 fully saturated rings. The third-order valence-electron chi connectivity index (χ3n) is 2.93. The fourth-order valence-electron chi connectivity index (χ4n) is 1.96. The SMILES string of the molecule is OC(C#CI)(c1ccccc1)c1ccc(OC(F)(F)F)cc1. The second-order valence-corrected chi connectivity index (χ2v) is 4.91. The van der Waals surface area contributed by atoms with Crippen molar-refractivity contribution < 1.29 is 23.0 Å². The van der Waals surface area contributed by atoms with E-state index >= 15 is 0 Å². The number of rotatable bonds is 3. The smallest absolute Gasteiger partial charge is 0.406 e. The number of hydrogen-bond acceptors (Lipinski definition) is 2. The van der Waals surface area contributed by atoms with Crippen LogP contribution >= 0.6 is 22.6 Å². The Balaban J connectivity index is 2.40. The first-order valence-corrected chi connectivity index (χ1v) is 7.20. The first-order chi connectivity index (χ1) is 10.3. The molecule has 2 aromatic carbocycles. The minimum atomic E-state index is -4.75. The Morgan fingerprint density at radius 2 is 1.45 bits per heavy atom. The van der Waals surface area contributed by atoms with Gasteiger partial charge in [0.2, 0.25) is 0 Å². The molecular formula is C16H10F3IO2. The first-order valence-electron chi connectivity index (χ1n) is 6.12.